The van der Waals surface area contributed by atoms with Crippen LogP contribution < -0.4 is 5.32 Å². The summed E-state index contributed by atoms with van der Waals surface area (Å²) >= 11 is 0. The Balaban J connectivity index is 3.16. The molecule has 0 atom stereocenters. The van der Waals surface area contributed by atoms with Crippen LogP contribution in [0.4, 0.5) is 4.79 Å². The molecule has 45 valence electrons. The van der Waals surface area contributed by atoms with Crippen LogP contribution in [0.2, 0.25) is 0 Å². The van der Waals surface area contributed by atoms with Gasteiger partial charge in [-0.3, -0.25) is 5.32 Å². The van der Waals surface area contributed by atoms with Crippen LogP contribution in [0.1, 0.15) is 13.3 Å². The molecule has 0 unspecified atom stereocenters. The molecule has 0 aliphatic carbocycles. The number of nitrogens with one attached hydrogen (secondary N) is 1. The highest BCUT2D eigenvalue weighted by Gasteiger charge is 1.86. The average molecular weight is 114 g/mol. The van der Waals surface area contributed by atoms with Crippen LogP contribution in [0.5, 0.6) is 0 Å². The minimum Gasteiger partial charge on any atom is -0.295 e. The first-order chi connectivity index (χ1) is 3.77. The average Bonchev–Trinajstić information content (AvgIpc) is 1.66. The van der Waals surface area contributed by atoms with Gasteiger partial charge in [-0.05, 0) is 6.42 Å². The Bertz CT molecular complexity index is 98.6. The van der Waals surface area contributed by atoms with E-state index in [9.17, 15) is 9.90 Å². The Morgan fingerprint density at radius 3 is 2.75 bits per heavy atom. The molecule has 0 aromatic carbocycles. The molecule has 0 fully saturated rings. The van der Waals surface area contributed by atoms with E-state index in [-0.39, 0.29) is 0 Å². The highest BCUT2D eigenvalue weighted by molar-refractivity contribution is 5.65. The van der Waals surface area contributed by atoms with Crippen molar-refractivity contribution in [3.8, 4) is 0 Å². The van der Waals surface area contributed by atoms with Crippen molar-refractivity contribution < 1.29 is 9.90 Å². The van der Waals surface area contributed by atoms with Crippen molar-refractivity contribution in [2.75, 3.05) is 0 Å². The Labute approximate surface area is 48.0 Å². The molecule has 1 amide bonds. The van der Waals surface area contributed by atoms with E-state index in [0.29, 0.717) is 0 Å². The maximum Gasteiger partial charge on any atom is 0.454 e. The molecule has 0 saturated heterocycles. The lowest BCUT2D eigenvalue weighted by atomic mass is 10.5. The molecular weight excluding hydrogens is 106 g/mol. The molecular formula is C5H8NO2. The van der Waals surface area contributed by atoms with E-state index in [1.165, 1.54) is 6.20 Å². The molecule has 0 heterocycles. The fourth-order valence-electron chi connectivity index (χ4n) is 0.245. The van der Waals surface area contributed by atoms with Crippen LogP contribution in [0.25, 0.3) is 0 Å². The molecule has 0 aromatic heterocycles. The summed E-state index contributed by atoms with van der Waals surface area (Å²) in [5, 5.41) is 11.6. The van der Waals surface area contributed by atoms with Gasteiger partial charge in [-0.1, -0.05) is 13.0 Å². The van der Waals surface area contributed by atoms with Gasteiger partial charge in [0.25, 0.3) is 0 Å². The Morgan fingerprint density at radius 2 is 2.38 bits per heavy atom. The Morgan fingerprint density at radius 1 is 1.75 bits per heavy atom. The Hall–Kier alpha value is -0.990. The predicted molar refractivity (Wildman–Crippen MR) is 28.6 cm³/mol. The molecule has 3 nitrogen and oxygen atoms in total. The first kappa shape index (κ1) is 7.01. The first-order valence-electron chi connectivity index (χ1n) is 2.40. The van der Waals surface area contributed by atoms with E-state index in [2.05, 4.69) is 0 Å². The van der Waals surface area contributed by atoms with Crippen molar-refractivity contribution in [3.05, 3.63) is 12.3 Å². The third-order valence-electron chi connectivity index (χ3n) is 0.555. The Kier molecular flexibility index (Phi) is 3.66. The van der Waals surface area contributed by atoms with Crippen molar-refractivity contribution in [2.24, 2.45) is 0 Å². The van der Waals surface area contributed by atoms with Crippen molar-refractivity contribution in [2.45, 2.75) is 13.3 Å². The van der Waals surface area contributed by atoms with Crippen LogP contribution in [0.15, 0.2) is 12.3 Å². The number of amides is 1. The van der Waals surface area contributed by atoms with Crippen LogP contribution in [-0.2, 0) is 5.11 Å². The molecule has 0 bridgehead atoms. The summed E-state index contributed by atoms with van der Waals surface area (Å²) in [6.45, 7) is 1.91. The molecule has 0 aliphatic rings. The summed E-state index contributed by atoms with van der Waals surface area (Å²) in [4.78, 5) is 9.60. The second kappa shape index (κ2) is 4.18. The zero-order valence-electron chi connectivity index (χ0n) is 4.68. The summed E-state index contributed by atoms with van der Waals surface area (Å²) in [6, 6.07) is 0. The number of carbonyl (C=O) groups is 1. The monoisotopic (exact) mass is 114 g/mol. The second-order valence-electron chi connectivity index (χ2n) is 1.24. The standard InChI is InChI=1S/C5H8NO2/c1-2-3-4-6-5(7)8/h3-4,6H,2H2,1H3/b4-3+. The number of hydrogen-bond donors (Lipinski definition) is 1. The van der Waals surface area contributed by atoms with E-state index in [4.69, 9.17) is 0 Å². The van der Waals surface area contributed by atoms with E-state index in [0.717, 1.165) is 6.42 Å². The molecule has 1 N–H and O–H groups in total. The van der Waals surface area contributed by atoms with Crippen molar-refractivity contribution >= 4 is 6.09 Å². The molecule has 0 rings (SSSR count). The second-order valence-corrected chi connectivity index (χ2v) is 1.24. The third-order valence-corrected chi connectivity index (χ3v) is 0.555. The highest BCUT2D eigenvalue weighted by atomic mass is 16.4. The van der Waals surface area contributed by atoms with Crippen LogP contribution in [-0.4, -0.2) is 6.09 Å². The zero-order chi connectivity index (χ0) is 6.41. The van der Waals surface area contributed by atoms with Gasteiger partial charge in [0.15, 0.2) is 0 Å². The number of hydrogen-bond acceptors (Lipinski definition) is 1. The van der Waals surface area contributed by atoms with Gasteiger partial charge in [-0.25, -0.2) is 9.90 Å². The highest BCUT2D eigenvalue weighted by Crippen LogP contribution is 1.74. The summed E-state index contributed by atoms with van der Waals surface area (Å²) in [5.74, 6) is 0. The quantitative estimate of drug-likeness (QED) is 0.573. The summed E-state index contributed by atoms with van der Waals surface area (Å²) < 4.78 is 0. The number of rotatable bonds is 2. The first-order valence-corrected chi connectivity index (χ1v) is 2.40. The van der Waals surface area contributed by atoms with Gasteiger partial charge >= 0.3 is 6.09 Å². The van der Waals surface area contributed by atoms with E-state index >= 15 is 0 Å². The van der Waals surface area contributed by atoms with Crippen molar-refractivity contribution in [1.29, 1.82) is 0 Å². The van der Waals surface area contributed by atoms with E-state index < -0.39 is 6.09 Å². The molecule has 8 heavy (non-hydrogen) atoms. The molecule has 0 saturated carbocycles. The summed E-state index contributed by atoms with van der Waals surface area (Å²) in [7, 11) is 0. The van der Waals surface area contributed by atoms with E-state index in [1.54, 1.807) is 6.08 Å². The van der Waals surface area contributed by atoms with E-state index in [1.807, 2.05) is 12.2 Å². The molecule has 1 radical (unpaired) electrons. The molecule has 0 aliphatic heterocycles. The van der Waals surface area contributed by atoms with Gasteiger partial charge in [-0.15, -0.1) is 0 Å². The third kappa shape index (κ3) is 5.01. The largest absolute Gasteiger partial charge is 0.454 e. The van der Waals surface area contributed by atoms with Gasteiger partial charge in [0.2, 0.25) is 0 Å². The van der Waals surface area contributed by atoms with Gasteiger partial charge in [0.1, 0.15) is 0 Å². The normalized spacial score (nSPS) is 9.62. The molecule has 0 spiro atoms. The fraction of sp³-hybridized carbons (Fsp3) is 0.400. The number of allylic oxidation sites excluding steroid dienone is 1. The van der Waals surface area contributed by atoms with Gasteiger partial charge in [-0.2, -0.15) is 0 Å². The zero-order valence-corrected chi connectivity index (χ0v) is 4.68. The predicted octanol–water partition coefficient (Wildman–Crippen LogP) is 1.05. The lowest BCUT2D eigenvalue weighted by molar-refractivity contribution is 0.173. The van der Waals surface area contributed by atoms with Crippen LogP contribution >= 0.6 is 0 Å². The van der Waals surface area contributed by atoms with Gasteiger partial charge in [0, 0.05) is 6.20 Å². The SMILES string of the molecule is CC/C=C/NC([O])=O. The maximum atomic E-state index is 9.60. The maximum absolute atomic E-state index is 9.60. The minimum atomic E-state index is -1.27. The van der Waals surface area contributed by atoms with Crippen LogP contribution in [0.3, 0.4) is 0 Å². The van der Waals surface area contributed by atoms with Gasteiger partial charge in [0.05, 0.1) is 0 Å². The topological polar surface area (TPSA) is 49.0 Å². The molecule has 0 aromatic rings. The van der Waals surface area contributed by atoms with Crippen molar-refractivity contribution in [3.63, 3.8) is 0 Å². The van der Waals surface area contributed by atoms with Crippen LogP contribution in [0, 0.1) is 0 Å². The lowest BCUT2D eigenvalue weighted by Crippen LogP contribution is -2.10. The van der Waals surface area contributed by atoms with Crippen molar-refractivity contribution in [1.82, 2.24) is 5.32 Å². The number of carbonyl (C=O) groups excluding carboxylic acids is 1. The molecule has 3 heteroatoms. The fourth-order valence-corrected chi connectivity index (χ4v) is 0.245. The summed E-state index contributed by atoms with van der Waals surface area (Å²) in [6.07, 6.45) is 2.58. The lowest BCUT2D eigenvalue weighted by Gasteiger charge is -1.82. The van der Waals surface area contributed by atoms with Gasteiger partial charge < -0.3 is 0 Å². The minimum absolute atomic E-state index is 0.820. The smallest absolute Gasteiger partial charge is 0.295 e. The summed E-state index contributed by atoms with van der Waals surface area (Å²) in [5.41, 5.74) is 0.